The van der Waals surface area contributed by atoms with Gasteiger partial charge < -0.3 is 0 Å². The van der Waals surface area contributed by atoms with E-state index in [2.05, 4.69) is 28.6 Å². The summed E-state index contributed by atoms with van der Waals surface area (Å²) in [5, 5.41) is 7.58. The first-order valence-corrected chi connectivity index (χ1v) is 4.64. The summed E-state index contributed by atoms with van der Waals surface area (Å²) in [5.41, 5.74) is 3.27. The van der Waals surface area contributed by atoms with Crippen LogP contribution in [0.1, 0.15) is 5.56 Å². The summed E-state index contributed by atoms with van der Waals surface area (Å²) in [6.45, 7) is 0. The fourth-order valence-electron chi connectivity index (χ4n) is 1.91. The van der Waals surface area contributed by atoms with Crippen molar-refractivity contribution in [2.45, 2.75) is 6.04 Å². The normalized spacial score (nSPS) is 25.6. The Labute approximate surface area is 81.1 Å². The van der Waals surface area contributed by atoms with E-state index in [1.54, 1.807) is 0 Å². The van der Waals surface area contributed by atoms with E-state index in [1.165, 1.54) is 11.4 Å². The molecule has 1 unspecified atom stereocenters. The van der Waals surface area contributed by atoms with Crippen molar-refractivity contribution in [3.05, 3.63) is 42.0 Å². The van der Waals surface area contributed by atoms with E-state index >= 15 is 0 Å². The van der Waals surface area contributed by atoms with E-state index in [9.17, 15) is 0 Å². The molecule has 3 nitrogen and oxygen atoms in total. The molecule has 3 heteroatoms. The third-order valence-corrected chi connectivity index (χ3v) is 2.73. The van der Waals surface area contributed by atoms with Crippen molar-refractivity contribution in [1.82, 2.24) is 5.32 Å². The van der Waals surface area contributed by atoms with Gasteiger partial charge in [0.15, 0.2) is 5.71 Å². The first-order chi connectivity index (χ1) is 6.93. The molecule has 4 rings (SSSR count). The lowest BCUT2D eigenvalue weighted by atomic mass is 10.1. The number of amidine groups is 1. The number of nitrogens with zero attached hydrogens (tertiary/aromatic N) is 2. The third-order valence-electron chi connectivity index (χ3n) is 2.73. The second kappa shape index (κ2) is 1.95. The molecule has 1 N–H and O–H groups in total. The van der Waals surface area contributed by atoms with Gasteiger partial charge in [-0.05, 0) is 0 Å². The van der Waals surface area contributed by atoms with Crippen molar-refractivity contribution in [2.24, 2.45) is 5.10 Å². The van der Waals surface area contributed by atoms with Crippen LogP contribution in [0.25, 0.3) is 5.70 Å². The maximum Gasteiger partial charge on any atom is 0.331 e. The highest BCUT2D eigenvalue weighted by Gasteiger charge is 2.61. The smallest absolute Gasteiger partial charge is 0.237 e. The highest BCUT2D eigenvalue weighted by atomic mass is 15.6. The molecule has 0 fully saturated rings. The van der Waals surface area contributed by atoms with Gasteiger partial charge in [-0.1, -0.05) is 35.4 Å². The van der Waals surface area contributed by atoms with Gasteiger partial charge in [0.1, 0.15) is 5.70 Å². The molecule has 0 saturated heterocycles. The van der Waals surface area contributed by atoms with Crippen LogP contribution in [0.3, 0.4) is 0 Å². The van der Waals surface area contributed by atoms with Crippen molar-refractivity contribution in [3.8, 4) is 0 Å². The van der Waals surface area contributed by atoms with Crippen molar-refractivity contribution in [2.75, 3.05) is 0 Å². The molecule has 14 heavy (non-hydrogen) atoms. The van der Waals surface area contributed by atoms with Crippen LogP contribution < -0.4 is 5.32 Å². The maximum atomic E-state index is 4.25. The summed E-state index contributed by atoms with van der Waals surface area (Å²) in [4.78, 5) is 0. The van der Waals surface area contributed by atoms with E-state index in [4.69, 9.17) is 0 Å². The van der Waals surface area contributed by atoms with Gasteiger partial charge >= 0.3 is 5.84 Å². The van der Waals surface area contributed by atoms with Gasteiger partial charge in [-0.2, -0.15) is 0 Å². The Morgan fingerprint density at radius 1 is 1.29 bits per heavy atom. The number of rotatable bonds is 1. The molecule has 3 aliphatic heterocycles. The number of hydrogen-bond donors (Lipinski definition) is 1. The van der Waals surface area contributed by atoms with Crippen LogP contribution in [0, 0.1) is 6.08 Å². The lowest BCUT2D eigenvalue weighted by Crippen LogP contribution is -2.32. The minimum Gasteiger partial charge on any atom is -0.237 e. The molecular weight excluding hydrogens is 174 g/mol. The molecule has 65 valence electrons. The van der Waals surface area contributed by atoms with Gasteiger partial charge in [0.05, 0.1) is 6.08 Å². The monoisotopic (exact) mass is 181 g/mol. The highest BCUT2D eigenvalue weighted by Crippen LogP contribution is 2.30. The predicted molar refractivity (Wildman–Crippen MR) is 52.7 cm³/mol. The SMILES string of the molecule is [C]1=C(c2ccccc2)NC2=[N+]3N=C1C23. The largest absolute Gasteiger partial charge is 0.331 e. The summed E-state index contributed by atoms with van der Waals surface area (Å²) in [6.07, 6.45) is 3.28. The van der Waals surface area contributed by atoms with Gasteiger partial charge in [-0.15, -0.1) is 4.68 Å². The fourth-order valence-corrected chi connectivity index (χ4v) is 1.91. The topological polar surface area (TPSA) is 27.4 Å². The van der Waals surface area contributed by atoms with Crippen molar-refractivity contribution in [1.29, 1.82) is 0 Å². The van der Waals surface area contributed by atoms with Crippen LogP contribution >= 0.6 is 0 Å². The molecule has 0 amide bonds. The third kappa shape index (κ3) is 0.642. The van der Waals surface area contributed by atoms with E-state index in [0.29, 0.717) is 6.04 Å². The fraction of sp³-hybridized carbons (Fsp3) is 0.0909. The molecule has 0 bridgehead atoms. The summed E-state index contributed by atoms with van der Waals surface area (Å²) >= 11 is 0. The Bertz CT molecular complexity index is 523. The van der Waals surface area contributed by atoms with E-state index in [-0.39, 0.29) is 0 Å². The van der Waals surface area contributed by atoms with E-state index in [1.807, 2.05) is 22.9 Å². The molecule has 1 radical (unpaired) electrons. The Hall–Kier alpha value is -1.90. The Kier molecular flexibility index (Phi) is 0.911. The van der Waals surface area contributed by atoms with Gasteiger partial charge in [0.2, 0.25) is 0 Å². The zero-order chi connectivity index (χ0) is 9.12. The number of hydrazone groups is 1. The van der Waals surface area contributed by atoms with E-state index < -0.39 is 0 Å². The van der Waals surface area contributed by atoms with Crippen molar-refractivity contribution >= 4 is 17.2 Å². The second-order valence-electron chi connectivity index (χ2n) is 3.61. The number of benzene rings is 1. The Morgan fingerprint density at radius 2 is 2.14 bits per heavy atom. The number of hydrogen-bond acceptors (Lipinski definition) is 2. The van der Waals surface area contributed by atoms with Crippen LogP contribution in [0.15, 0.2) is 35.4 Å². The van der Waals surface area contributed by atoms with Gasteiger partial charge in [0.25, 0.3) is 6.04 Å². The summed E-state index contributed by atoms with van der Waals surface area (Å²) < 4.78 is 1.98. The minimum absolute atomic E-state index is 0.447. The van der Waals surface area contributed by atoms with E-state index in [0.717, 1.165) is 11.4 Å². The van der Waals surface area contributed by atoms with Crippen LogP contribution in [0.5, 0.6) is 0 Å². The molecule has 3 aliphatic rings. The zero-order valence-corrected chi connectivity index (χ0v) is 7.36. The molecule has 0 saturated carbocycles. The standard InChI is InChI=1S/C11H6N3/c1-2-4-7(5-3-1)8-6-9-10-11(12-8)14(10)13-9/h1-5,10H/p+1. The average molecular weight is 181 g/mol. The first-order valence-electron chi connectivity index (χ1n) is 4.64. The lowest BCUT2D eigenvalue weighted by Gasteiger charge is -2.07. The molecule has 1 atom stereocenters. The second-order valence-corrected chi connectivity index (χ2v) is 3.61. The molecule has 0 aliphatic carbocycles. The molecule has 1 aromatic rings. The van der Waals surface area contributed by atoms with Crippen LogP contribution in [0.2, 0.25) is 0 Å². The van der Waals surface area contributed by atoms with Gasteiger partial charge in [-0.3, -0.25) is 0 Å². The average Bonchev–Trinajstić information content (AvgIpc) is 2.86. The van der Waals surface area contributed by atoms with Crippen molar-refractivity contribution < 1.29 is 4.68 Å². The molecule has 0 aromatic heterocycles. The molecule has 3 heterocycles. The van der Waals surface area contributed by atoms with Crippen LogP contribution in [0.4, 0.5) is 0 Å². The molecule has 0 spiro atoms. The van der Waals surface area contributed by atoms with Crippen LogP contribution in [-0.2, 0) is 0 Å². The highest BCUT2D eigenvalue weighted by molar-refractivity contribution is 6.24. The van der Waals surface area contributed by atoms with Gasteiger partial charge in [0, 0.05) is 5.56 Å². The molecular formula is C11H7N3+. The predicted octanol–water partition coefficient (Wildman–Crippen LogP) is 0.597. The lowest BCUT2D eigenvalue weighted by molar-refractivity contribution is -0.485. The van der Waals surface area contributed by atoms with Gasteiger partial charge in [-0.25, -0.2) is 5.32 Å². The maximum absolute atomic E-state index is 4.25. The summed E-state index contributed by atoms with van der Waals surface area (Å²) in [6, 6.07) is 10.7. The number of nitrogens with one attached hydrogen (secondary N) is 1. The van der Waals surface area contributed by atoms with Crippen molar-refractivity contribution in [3.63, 3.8) is 0 Å². The molecule has 1 aromatic carbocycles. The Morgan fingerprint density at radius 3 is 2.93 bits per heavy atom. The summed E-state index contributed by atoms with van der Waals surface area (Å²) in [5.74, 6) is 1.21. The summed E-state index contributed by atoms with van der Waals surface area (Å²) in [7, 11) is 0. The Balaban J connectivity index is 1.81. The minimum atomic E-state index is 0.447. The quantitative estimate of drug-likeness (QED) is 0.631. The zero-order valence-electron chi connectivity index (χ0n) is 7.36. The van der Waals surface area contributed by atoms with Crippen LogP contribution in [-0.4, -0.2) is 22.3 Å². The first kappa shape index (κ1) is 6.54.